The van der Waals surface area contributed by atoms with Gasteiger partial charge >= 0.3 is 6.09 Å². The van der Waals surface area contributed by atoms with Crippen molar-refractivity contribution in [1.82, 2.24) is 4.90 Å². The van der Waals surface area contributed by atoms with Crippen LogP contribution < -0.4 is 4.74 Å². The van der Waals surface area contributed by atoms with Crippen molar-refractivity contribution in [2.75, 3.05) is 13.7 Å². The normalized spacial score (nSPS) is 27.2. The van der Waals surface area contributed by atoms with Crippen molar-refractivity contribution >= 4 is 11.7 Å². The van der Waals surface area contributed by atoms with Crippen LogP contribution in [0, 0.1) is 5.41 Å². The molecule has 2 aliphatic carbocycles. The van der Waals surface area contributed by atoms with Crippen LogP contribution in [0.3, 0.4) is 0 Å². The summed E-state index contributed by atoms with van der Waals surface area (Å²) < 4.78 is 11.3. The van der Waals surface area contributed by atoms with Gasteiger partial charge in [0, 0.05) is 12.0 Å². The molecule has 4 rings (SSSR count). The Morgan fingerprint density at radius 2 is 2.00 bits per heavy atom. The van der Waals surface area contributed by atoms with Crippen molar-refractivity contribution in [3.05, 3.63) is 35.4 Å². The van der Waals surface area contributed by atoms with Gasteiger partial charge in [-0.25, -0.2) is 4.79 Å². The van der Waals surface area contributed by atoms with E-state index in [0.717, 1.165) is 38.0 Å². The molecule has 4 heteroatoms. The molecule has 140 valence electrons. The SMILES string of the molecule is COc1ccc2c(c1)[C@@H]1N(C(=O)OC(C)(C)C)CCC[C@@]13CCCC=C23. The highest BCUT2D eigenvalue weighted by atomic mass is 16.6. The lowest BCUT2D eigenvalue weighted by atomic mass is 9.65. The number of allylic oxidation sites excluding steroid dienone is 1. The van der Waals surface area contributed by atoms with Crippen molar-refractivity contribution in [1.29, 1.82) is 0 Å². The number of rotatable bonds is 1. The van der Waals surface area contributed by atoms with Crippen LogP contribution in [0.1, 0.15) is 70.0 Å². The molecule has 1 amide bonds. The predicted molar refractivity (Wildman–Crippen MR) is 102 cm³/mol. The fourth-order valence-electron chi connectivity index (χ4n) is 5.17. The first-order valence-electron chi connectivity index (χ1n) is 9.74. The molecule has 0 unspecified atom stereocenters. The summed E-state index contributed by atoms with van der Waals surface area (Å²) in [7, 11) is 1.70. The van der Waals surface area contributed by atoms with E-state index >= 15 is 0 Å². The topological polar surface area (TPSA) is 38.8 Å². The maximum atomic E-state index is 13.0. The lowest BCUT2D eigenvalue weighted by molar-refractivity contribution is -0.0115. The quantitative estimate of drug-likeness (QED) is 0.683. The van der Waals surface area contributed by atoms with E-state index in [1.807, 2.05) is 31.7 Å². The molecule has 1 aliphatic heterocycles. The van der Waals surface area contributed by atoms with Crippen LogP contribution in [-0.2, 0) is 4.74 Å². The van der Waals surface area contributed by atoms with Gasteiger partial charge in [-0.1, -0.05) is 12.1 Å². The van der Waals surface area contributed by atoms with Crippen molar-refractivity contribution < 1.29 is 14.3 Å². The highest BCUT2D eigenvalue weighted by molar-refractivity contribution is 5.82. The monoisotopic (exact) mass is 355 g/mol. The van der Waals surface area contributed by atoms with Crippen LogP contribution in [0.4, 0.5) is 4.79 Å². The zero-order chi connectivity index (χ0) is 18.5. The summed E-state index contributed by atoms with van der Waals surface area (Å²) >= 11 is 0. The molecule has 0 aromatic heterocycles. The Morgan fingerprint density at radius 1 is 1.23 bits per heavy atom. The van der Waals surface area contributed by atoms with Crippen LogP contribution in [0.15, 0.2) is 24.3 Å². The first-order chi connectivity index (χ1) is 12.4. The third kappa shape index (κ3) is 2.62. The number of ether oxygens (including phenoxy) is 2. The molecule has 0 bridgehead atoms. The fourth-order valence-corrected chi connectivity index (χ4v) is 5.17. The van der Waals surface area contributed by atoms with Crippen LogP contribution in [0.25, 0.3) is 5.57 Å². The zero-order valence-corrected chi connectivity index (χ0v) is 16.3. The average Bonchev–Trinajstić information content (AvgIpc) is 2.89. The largest absolute Gasteiger partial charge is 0.497 e. The maximum absolute atomic E-state index is 13.0. The molecule has 3 aliphatic rings. The molecule has 26 heavy (non-hydrogen) atoms. The van der Waals surface area contributed by atoms with Crippen LogP contribution in [0.2, 0.25) is 0 Å². The lowest BCUT2D eigenvalue weighted by Gasteiger charge is -2.48. The summed E-state index contributed by atoms with van der Waals surface area (Å²) in [5, 5.41) is 0. The number of nitrogens with zero attached hydrogens (tertiary/aromatic N) is 1. The molecular weight excluding hydrogens is 326 g/mol. The highest BCUT2D eigenvalue weighted by Crippen LogP contribution is 2.64. The Balaban J connectivity index is 1.82. The third-order valence-corrected chi connectivity index (χ3v) is 6.04. The Bertz CT molecular complexity index is 761. The minimum Gasteiger partial charge on any atom is -0.497 e. The molecule has 1 saturated heterocycles. The number of carbonyl (C=O) groups excluding carboxylic acids is 1. The number of amides is 1. The smallest absolute Gasteiger partial charge is 0.410 e. The molecule has 0 saturated carbocycles. The summed E-state index contributed by atoms with van der Waals surface area (Å²) in [4.78, 5) is 15.0. The minimum absolute atomic E-state index is 0.0438. The van der Waals surface area contributed by atoms with Gasteiger partial charge in [0.25, 0.3) is 0 Å². The zero-order valence-electron chi connectivity index (χ0n) is 16.3. The first-order valence-corrected chi connectivity index (χ1v) is 9.74. The Morgan fingerprint density at radius 3 is 2.73 bits per heavy atom. The molecule has 2 atom stereocenters. The van der Waals surface area contributed by atoms with Gasteiger partial charge < -0.3 is 14.4 Å². The molecule has 1 aromatic carbocycles. The predicted octanol–water partition coefficient (Wildman–Crippen LogP) is 5.33. The van der Waals surface area contributed by atoms with E-state index in [2.05, 4.69) is 18.2 Å². The summed E-state index contributed by atoms with van der Waals surface area (Å²) in [6.45, 7) is 6.55. The van der Waals surface area contributed by atoms with Gasteiger partial charge in [0.15, 0.2) is 0 Å². The summed E-state index contributed by atoms with van der Waals surface area (Å²) in [5.41, 5.74) is 3.53. The highest BCUT2D eigenvalue weighted by Gasteiger charge is 2.55. The van der Waals surface area contributed by atoms with Crippen LogP contribution >= 0.6 is 0 Å². The van der Waals surface area contributed by atoms with Gasteiger partial charge in [-0.15, -0.1) is 0 Å². The molecule has 0 radical (unpaired) electrons. The standard InChI is InChI=1S/C22H29NO3/c1-21(2,3)26-20(24)23-13-7-12-22-11-6-5-8-18(22)16-10-9-15(25-4)14-17(16)19(22)23/h8-10,14,19H,5-7,11-13H2,1-4H3/t19-,22+/m0/s1. The van der Waals surface area contributed by atoms with Crippen molar-refractivity contribution in [2.45, 2.75) is 64.5 Å². The second-order valence-electron chi connectivity index (χ2n) is 8.80. The van der Waals surface area contributed by atoms with Gasteiger partial charge in [0.1, 0.15) is 11.4 Å². The first kappa shape index (κ1) is 17.4. The number of piperidine rings is 1. The van der Waals surface area contributed by atoms with Gasteiger partial charge in [-0.05, 0) is 81.7 Å². The number of likely N-dealkylation sites (tertiary alicyclic amines) is 1. The van der Waals surface area contributed by atoms with Crippen LogP contribution in [0.5, 0.6) is 5.75 Å². The van der Waals surface area contributed by atoms with Crippen molar-refractivity contribution in [2.24, 2.45) is 5.41 Å². The van der Waals surface area contributed by atoms with E-state index in [0.29, 0.717) is 0 Å². The van der Waals surface area contributed by atoms with Crippen molar-refractivity contribution in [3.63, 3.8) is 0 Å². The summed E-state index contributed by atoms with van der Waals surface area (Å²) in [5.74, 6) is 0.854. The Labute approximate surface area is 156 Å². The second-order valence-corrected chi connectivity index (χ2v) is 8.80. The molecule has 1 spiro atoms. The Kier molecular flexibility index (Phi) is 4.05. The molecule has 0 N–H and O–H groups in total. The fraction of sp³-hybridized carbons (Fsp3) is 0.591. The van der Waals surface area contributed by atoms with Gasteiger partial charge in [0.2, 0.25) is 0 Å². The van der Waals surface area contributed by atoms with E-state index in [4.69, 9.17) is 9.47 Å². The van der Waals surface area contributed by atoms with Gasteiger partial charge in [-0.2, -0.15) is 0 Å². The number of fused-ring (bicyclic) bond motifs is 3. The lowest BCUT2D eigenvalue weighted by Crippen LogP contribution is -2.48. The number of hydrogen-bond acceptors (Lipinski definition) is 3. The van der Waals surface area contributed by atoms with E-state index in [9.17, 15) is 4.79 Å². The number of benzene rings is 1. The summed E-state index contributed by atoms with van der Waals surface area (Å²) in [6, 6.07) is 6.40. The number of hydrogen-bond donors (Lipinski definition) is 0. The van der Waals surface area contributed by atoms with E-state index < -0.39 is 5.60 Å². The molecule has 1 heterocycles. The van der Waals surface area contributed by atoms with Gasteiger partial charge in [0.05, 0.1) is 13.2 Å². The summed E-state index contributed by atoms with van der Waals surface area (Å²) in [6.07, 6.45) is 7.84. The molecule has 1 fully saturated rings. The maximum Gasteiger partial charge on any atom is 0.410 e. The third-order valence-electron chi connectivity index (χ3n) is 6.04. The van der Waals surface area contributed by atoms with E-state index in [1.165, 1.54) is 23.1 Å². The Hall–Kier alpha value is -1.97. The molecular formula is C22H29NO3. The van der Waals surface area contributed by atoms with E-state index in [-0.39, 0.29) is 17.6 Å². The minimum atomic E-state index is -0.483. The van der Waals surface area contributed by atoms with E-state index in [1.54, 1.807) is 7.11 Å². The average molecular weight is 355 g/mol. The van der Waals surface area contributed by atoms with Crippen LogP contribution in [-0.4, -0.2) is 30.2 Å². The number of carbonyl (C=O) groups is 1. The number of methoxy groups -OCH3 is 1. The molecule has 4 nitrogen and oxygen atoms in total. The molecule has 1 aromatic rings. The van der Waals surface area contributed by atoms with Crippen molar-refractivity contribution in [3.8, 4) is 5.75 Å². The van der Waals surface area contributed by atoms with Gasteiger partial charge in [-0.3, -0.25) is 0 Å². The second kappa shape index (κ2) is 6.04.